The van der Waals surface area contributed by atoms with Gasteiger partial charge in [-0.1, -0.05) is 11.6 Å². The van der Waals surface area contributed by atoms with Crippen molar-refractivity contribution >= 4 is 22.6 Å². The van der Waals surface area contributed by atoms with Crippen LogP contribution in [0.4, 0.5) is 13.2 Å². The Balaban J connectivity index is 2.39. The molecule has 0 fully saturated rings. The van der Waals surface area contributed by atoms with Crippen molar-refractivity contribution in [3.8, 4) is 5.95 Å². The van der Waals surface area contributed by atoms with E-state index in [9.17, 15) is 18.0 Å². The molecule has 18 heavy (non-hydrogen) atoms. The minimum atomic E-state index is -4.50. The molecule has 0 bridgehead atoms. The van der Waals surface area contributed by atoms with Gasteiger partial charge in [-0.25, -0.2) is 0 Å². The highest BCUT2D eigenvalue weighted by molar-refractivity contribution is 6.31. The molecule has 1 aromatic heterocycles. The lowest BCUT2D eigenvalue weighted by atomic mass is 10.2. The number of halogens is 4. The molecule has 2 aromatic rings. The quantitative estimate of drug-likeness (QED) is 0.845. The fraction of sp³-hybridized carbons (Fsp3) is 0.182. The highest BCUT2D eigenvalue weighted by Crippen LogP contribution is 2.22. The fourth-order valence-corrected chi connectivity index (χ4v) is 1.49. The highest BCUT2D eigenvalue weighted by Gasteiger charge is 2.29. The minimum Gasteiger partial charge on any atom is -0.455 e. The lowest BCUT2D eigenvalue weighted by Gasteiger charge is -2.08. The first-order valence-electron chi connectivity index (χ1n) is 4.78. The van der Waals surface area contributed by atoms with E-state index in [2.05, 4.69) is 4.74 Å². The summed E-state index contributed by atoms with van der Waals surface area (Å²) in [6.45, 7) is -1.53. The van der Waals surface area contributed by atoms with Crippen molar-refractivity contribution in [2.45, 2.75) is 6.18 Å². The van der Waals surface area contributed by atoms with E-state index in [4.69, 9.17) is 16.0 Å². The normalized spacial score (nSPS) is 11.8. The number of rotatable bonds is 2. The molecule has 1 heterocycles. The monoisotopic (exact) mass is 278 g/mol. The van der Waals surface area contributed by atoms with Crippen LogP contribution in [0, 0.1) is 0 Å². The third-order valence-electron chi connectivity index (χ3n) is 2.05. The van der Waals surface area contributed by atoms with Crippen LogP contribution in [-0.4, -0.2) is 12.8 Å². The first kappa shape index (κ1) is 12.8. The number of hydrogen-bond donors (Lipinski definition) is 0. The Morgan fingerprint density at radius 3 is 2.67 bits per heavy atom. The summed E-state index contributed by atoms with van der Waals surface area (Å²) in [5.41, 5.74) is -0.419. The van der Waals surface area contributed by atoms with E-state index in [0.717, 1.165) is 6.07 Å². The third kappa shape index (κ3) is 2.95. The highest BCUT2D eigenvalue weighted by atomic mass is 35.5. The second-order valence-electron chi connectivity index (χ2n) is 3.47. The Bertz CT molecular complexity index is 633. The standard InChI is InChI=1S/C11H6ClF3O3/c12-6-1-2-7-8(16)4-10(18-9(7)3-6)17-5-11(13,14)15/h1-4H,5H2. The van der Waals surface area contributed by atoms with Gasteiger partial charge in [0.1, 0.15) is 5.58 Å². The van der Waals surface area contributed by atoms with Gasteiger partial charge in [-0.05, 0) is 12.1 Å². The molecular weight excluding hydrogens is 273 g/mol. The topological polar surface area (TPSA) is 39.4 Å². The molecule has 0 unspecified atom stereocenters. The molecule has 0 spiro atoms. The number of alkyl halides is 3. The van der Waals surface area contributed by atoms with Gasteiger partial charge in [0, 0.05) is 11.1 Å². The van der Waals surface area contributed by atoms with Crippen LogP contribution in [0.15, 0.2) is 33.5 Å². The molecule has 0 amide bonds. The third-order valence-corrected chi connectivity index (χ3v) is 2.28. The van der Waals surface area contributed by atoms with Crippen LogP contribution in [0.3, 0.4) is 0 Å². The predicted octanol–water partition coefficient (Wildman–Crippen LogP) is 3.39. The van der Waals surface area contributed by atoms with Crippen LogP contribution in [0.2, 0.25) is 5.02 Å². The molecular formula is C11H6ClF3O3. The zero-order chi connectivity index (χ0) is 13.3. The maximum absolute atomic E-state index is 12.0. The van der Waals surface area contributed by atoms with E-state index < -0.39 is 24.2 Å². The molecule has 0 saturated carbocycles. The average Bonchev–Trinajstić information content (AvgIpc) is 2.24. The maximum Gasteiger partial charge on any atom is 0.422 e. The van der Waals surface area contributed by atoms with Gasteiger partial charge in [0.05, 0.1) is 11.5 Å². The maximum atomic E-state index is 12.0. The zero-order valence-corrected chi connectivity index (χ0v) is 9.51. The number of fused-ring (bicyclic) bond motifs is 1. The van der Waals surface area contributed by atoms with E-state index in [1.54, 1.807) is 0 Å². The summed E-state index contributed by atoms with van der Waals surface area (Å²) in [5, 5.41) is 0.525. The SMILES string of the molecule is O=c1cc(OCC(F)(F)F)oc2cc(Cl)ccc12. The molecule has 3 nitrogen and oxygen atoms in total. The summed E-state index contributed by atoms with van der Waals surface area (Å²) in [5.74, 6) is -0.493. The van der Waals surface area contributed by atoms with Crippen LogP contribution in [-0.2, 0) is 0 Å². The van der Waals surface area contributed by atoms with E-state index in [0.29, 0.717) is 5.02 Å². The summed E-state index contributed by atoms with van der Waals surface area (Å²) < 4.78 is 45.2. The molecule has 0 aliphatic rings. The van der Waals surface area contributed by atoms with Crippen molar-refractivity contribution in [1.29, 1.82) is 0 Å². The van der Waals surface area contributed by atoms with Crippen LogP contribution < -0.4 is 10.2 Å². The van der Waals surface area contributed by atoms with Crippen molar-refractivity contribution < 1.29 is 22.3 Å². The van der Waals surface area contributed by atoms with Crippen LogP contribution >= 0.6 is 11.6 Å². The molecule has 2 rings (SSSR count). The largest absolute Gasteiger partial charge is 0.455 e. The summed E-state index contributed by atoms with van der Waals surface area (Å²) in [4.78, 5) is 11.6. The second-order valence-corrected chi connectivity index (χ2v) is 3.91. The molecule has 0 aliphatic carbocycles. The lowest BCUT2D eigenvalue weighted by molar-refractivity contribution is -0.156. The van der Waals surface area contributed by atoms with Gasteiger partial charge in [-0.2, -0.15) is 13.2 Å². The molecule has 1 aromatic carbocycles. The Hall–Kier alpha value is -1.69. The van der Waals surface area contributed by atoms with E-state index in [1.165, 1.54) is 18.2 Å². The van der Waals surface area contributed by atoms with Crippen molar-refractivity contribution in [1.82, 2.24) is 0 Å². The first-order chi connectivity index (χ1) is 8.35. The number of ether oxygens (including phenoxy) is 1. The predicted molar refractivity (Wildman–Crippen MR) is 59.0 cm³/mol. The van der Waals surface area contributed by atoms with Crippen LogP contribution in [0.5, 0.6) is 5.95 Å². The molecule has 0 aliphatic heterocycles. The van der Waals surface area contributed by atoms with Crippen LogP contribution in [0.1, 0.15) is 0 Å². The first-order valence-corrected chi connectivity index (χ1v) is 5.16. The number of hydrogen-bond acceptors (Lipinski definition) is 3. The molecule has 0 N–H and O–H groups in total. The van der Waals surface area contributed by atoms with Gasteiger partial charge in [0.2, 0.25) is 0 Å². The number of benzene rings is 1. The van der Waals surface area contributed by atoms with Gasteiger partial charge in [0.15, 0.2) is 12.0 Å². The minimum absolute atomic E-state index is 0.0761. The summed E-state index contributed by atoms with van der Waals surface area (Å²) in [7, 11) is 0. The van der Waals surface area contributed by atoms with Gasteiger partial charge in [0.25, 0.3) is 5.95 Å². The van der Waals surface area contributed by atoms with E-state index in [1.807, 2.05) is 0 Å². The van der Waals surface area contributed by atoms with Gasteiger partial charge < -0.3 is 9.15 Å². The second kappa shape index (κ2) is 4.53. The molecule has 7 heteroatoms. The molecule has 0 saturated heterocycles. The van der Waals surface area contributed by atoms with Crippen molar-refractivity contribution in [3.63, 3.8) is 0 Å². The fourth-order valence-electron chi connectivity index (χ4n) is 1.33. The molecule has 0 radical (unpaired) electrons. The van der Waals surface area contributed by atoms with E-state index >= 15 is 0 Å². The lowest BCUT2D eigenvalue weighted by Crippen LogP contribution is -2.19. The Morgan fingerprint density at radius 1 is 1.28 bits per heavy atom. The summed E-state index contributed by atoms with van der Waals surface area (Å²) in [6, 6.07) is 5.11. The van der Waals surface area contributed by atoms with Crippen LogP contribution in [0.25, 0.3) is 11.0 Å². The average molecular weight is 279 g/mol. The Kier molecular flexibility index (Phi) is 3.21. The van der Waals surface area contributed by atoms with Gasteiger partial charge >= 0.3 is 6.18 Å². The van der Waals surface area contributed by atoms with Gasteiger partial charge in [-0.3, -0.25) is 4.79 Å². The van der Waals surface area contributed by atoms with Gasteiger partial charge in [-0.15, -0.1) is 0 Å². The van der Waals surface area contributed by atoms with E-state index in [-0.39, 0.29) is 11.0 Å². The summed E-state index contributed by atoms with van der Waals surface area (Å²) >= 11 is 5.69. The zero-order valence-electron chi connectivity index (χ0n) is 8.75. The summed E-state index contributed by atoms with van der Waals surface area (Å²) in [6.07, 6.45) is -4.50. The van der Waals surface area contributed by atoms with Crippen molar-refractivity contribution in [3.05, 3.63) is 39.5 Å². The van der Waals surface area contributed by atoms with Crippen molar-refractivity contribution in [2.24, 2.45) is 0 Å². The Labute approximate surface area is 104 Å². The Morgan fingerprint density at radius 2 is 2.00 bits per heavy atom. The van der Waals surface area contributed by atoms with Crippen molar-refractivity contribution in [2.75, 3.05) is 6.61 Å². The molecule has 96 valence electrons. The smallest absolute Gasteiger partial charge is 0.422 e. The molecule has 0 atom stereocenters.